The Balaban J connectivity index is 1.86. The van der Waals surface area contributed by atoms with Crippen LogP contribution in [0.25, 0.3) is 11.1 Å². The smallest absolute Gasteiger partial charge is 0.120 e. The maximum Gasteiger partial charge on any atom is 0.120 e. The van der Waals surface area contributed by atoms with Crippen molar-refractivity contribution in [2.75, 3.05) is 12.0 Å². The Morgan fingerprint density at radius 3 is 2.50 bits per heavy atom. The predicted octanol–water partition coefficient (Wildman–Crippen LogP) is 5.67. The molecule has 0 aliphatic carbocycles. The Kier molecular flexibility index (Phi) is 3.79. The summed E-state index contributed by atoms with van der Waals surface area (Å²) in [5.74, 6) is 0. The molecule has 3 aromatic carbocycles. The third kappa shape index (κ3) is 2.58. The zero-order valence-electron chi connectivity index (χ0n) is 13.4. The molecule has 4 rings (SSSR count). The number of hydrogen-bond acceptors (Lipinski definition) is 2. The first-order valence-corrected chi connectivity index (χ1v) is 8.38. The van der Waals surface area contributed by atoms with Gasteiger partial charge in [0.1, 0.15) is 12.3 Å². The van der Waals surface area contributed by atoms with Crippen LogP contribution < -0.4 is 5.32 Å². The van der Waals surface area contributed by atoms with E-state index in [9.17, 15) is 0 Å². The molecule has 2 nitrogen and oxygen atoms in total. The molecule has 0 spiro atoms. The number of anilines is 1. The van der Waals surface area contributed by atoms with E-state index in [1.807, 2.05) is 36.4 Å². The SMILES string of the molecule is CC1(c2ccccc2)OCNc2ccc(-c3cccc(Cl)c3)cc21. The minimum Gasteiger partial charge on any atom is -0.362 e. The summed E-state index contributed by atoms with van der Waals surface area (Å²) in [4.78, 5) is 0. The molecule has 0 radical (unpaired) electrons. The van der Waals surface area contributed by atoms with Gasteiger partial charge in [-0.1, -0.05) is 60.1 Å². The first-order chi connectivity index (χ1) is 11.7. The van der Waals surface area contributed by atoms with E-state index in [0.717, 1.165) is 33.0 Å². The van der Waals surface area contributed by atoms with Crippen LogP contribution in [0.2, 0.25) is 5.02 Å². The molecule has 1 unspecified atom stereocenters. The van der Waals surface area contributed by atoms with Crippen LogP contribution in [0.3, 0.4) is 0 Å². The first kappa shape index (κ1) is 15.3. The van der Waals surface area contributed by atoms with E-state index in [4.69, 9.17) is 16.3 Å². The van der Waals surface area contributed by atoms with Gasteiger partial charge in [-0.05, 0) is 47.9 Å². The Morgan fingerprint density at radius 1 is 0.917 bits per heavy atom. The molecule has 1 aliphatic heterocycles. The second kappa shape index (κ2) is 5.97. The highest BCUT2D eigenvalue weighted by Gasteiger charge is 2.35. The van der Waals surface area contributed by atoms with Crippen LogP contribution in [0.4, 0.5) is 5.69 Å². The van der Waals surface area contributed by atoms with Crippen molar-refractivity contribution in [3.05, 3.63) is 88.9 Å². The van der Waals surface area contributed by atoms with Gasteiger partial charge >= 0.3 is 0 Å². The molecule has 0 fully saturated rings. The van der Waals surface area contributed by atoms with Crippen molar-refractivity contribution < 1.29 is 4.74 Å². The van der Waals surface area contributed by atoms with Crippen molar-refractivity contribution in [1.29, 1.82) is 0 Å². The molecule has 1 heterocycles. The lowest BCUT2D eigenvalue weighted by atomic mass is 9.84. The lowest BCUT2D eigenvalue weighted by Crippen LogP contribution is -2.35. The van der Waals surface area contributed by atoms with Crippen LogP contribution in [-0.4, -0.2) is 6.73 Å². The van der Waals surface area contributed by atoms with Crippen LogP contribution in [0.15, 0.2) is 72.8 Å². The number of ether oxygens (including phenoxy) is 1. The Bertz CT molecular complexity index is 878. The monoisotopic (exact) mass is 335 g/mol. The van der Waals surface area contributed by atoms with Gasteiger partial charge in [-0.15, -0.1) is 0 Å². The van der Waals surface area contributed by atoms with Gasteiger partial charge in [0.15, 0.2) is 0 Å². The minimum atomic E-state index is -0.476. The van der Waals surface area contributed by atoms with E-state index in [1.165, 1.54) is 0 Å². The van der Waals surface area contributed by atoms with E-state index in [2.05, 4.69) is 48.6 Å². The minimum absolute atomic E-state index is 0.476. The molecular formula is C21H18ClNO. The van der Waals surface area contributed by atoms with Gasteiger partial charge in [0.05, 0.1) is 0 Å². The molecule has 1 atom stereocenters. The molecule has 0 bridgehead atoms. The molecule has 120 valence electrons. The summed E-state index contributed by atoms with van der Waals surface area (Å²) < 4.78 is 6.16. The average molecular weight is 336 g/mol. The molecule has 0 saturated carbocycles. The molecule has 0 amide bonds. The second-order valence-electron chi connectivity index (χ2n) is 6.14. The topological polar surface area (TPSA) is 21.3 Å². The van der Waals surface area contributed by atoms with Crippen molar-refractivity contribution in [3.8, 4) is 11.1 Å². The van der Waals surface area contributed by atoms with Crippen LogP contribution in [0.5, 0.6) is 0 Å². The number of hydrogen-bond donors (Lipinski definition) is 1. The second-order valence-corrected chi connectivity index (χ2v) is 6.57. The fourth-order valence-electron chi connectivity index (χ4n) is 3.27. The van der Waals surface area contributed by atoms with Gasteiger partial charge in [-0.3, -0.25) is 0 Å². The van der Waals surface area contributed by atoms with Gasteiger partial charge in [0.25, 0.3) is 0 Å². The lowest BCUT2D eigenvalue weighted by Gasteiger charge is -2.37. The molecule has 24 heavy (non-hydrogen) atoms. The van der Waals surface area contributed by atoms with Crippen LogP contribution in [-0.2, 0) is 10.3 Å². The van der Waals surface area contributed by atoms with E-state index in [1.54, 1.807) is 0 Å². The quantitative estimate of drug-likeness (QED) is 0.651. The summed E-state index contributed by atoms with van der Waals surface area (Å²) in [5, 5.41) is 4.07. The number of benzene rings is 3. The van der Waals surface area contributed by atoms with E-state index in [-0.39, 0.29) is 0 Å². The molecule has 3 aromatic rings. The van der Waals surface area contributed by atoms with E-state index in [0.29, 0.717) is 6.73 Å². The van der Waals surface area contributed by atoms with Crippen LogP contribution >= 0.6 is 11.6 Å². The zero-order chi connectivity index (χ0) is 16.6. The maximum atomic E-state index is 6.16. The van der Waals surface area contributed by atoms with Crippen LogP contribution in [0, 0.1) is 0 Å². The van der Waals surface area contributed by atoms with E-state index >= 15 is 0 Å². The summed E-state index contributed by atoms with van der Waals surface area (Å²) >= 11 is 6.15. The van der Waals surface area contributed by atoms with Gasteiger partial charge in [-0.2, -0.15) is 0 Å². The standard InChI is InChI=1S/C21H18ClNO/c1-21(17-7-3-2-4-8-17)19-13-16(10-11-20(19)23-14-24-21)15-6-5-9-18(22)12-15/h2-13,23H,14H2,1H3. The third-order valence-corrected chi connectivity index (χ3v) is 4.87. The molecule has 1 N–H and O–H groups in total. The summed E-state index contributed by atoms with van der Waals surface area (Å²) in [6.45, 7) is 2.62. The van der Waals surface area contributed by atoms with Crippen molar-refractivity contribution in [2.24, 2.45) is 0 Å². The van der Waals surface area contributed by atoms with Crippen LogP contribution in [0.1, 0.15) is 18.1 Å². The fourth-order valence-corrected chi connectivity index (χ4v) is 3.46. The van der Waals surface area contributed by atoms with Crippen molar-refractivity contribution in [2.45, 2.75) is 12.5 Å². The number of halogens is 1. The Labute approximate surface area is 147 Å². The molecule has 1 aliphatic rings. The predicted molar refractivity (Wildman–Crippen MR) is 99.4 cm³/mol. The number of rotatable bonds is 2. The first-order valence-electron chi connectivity index (χ1n) is 8.01. The third-order valence-electron chi connectivity index (χ3n) is 4.64. The number of fused-ring (bicyclic) bond motifs is 1. The molecule has 3 heteroatoms. The largest absolute Gasteiger partial charge is 0.362 e. The molecule has 0 saturated heterocycles. The Hall–Kier alpha value is -2.29. The summed E-state index contributed by atoms with van der Waals surface area (Å²) in [6.07, 6.45) is 0. The molecule has 0 aromatic heterocycles. The highest BCUT2D eigenvalue weighted by molar-refractivity contribution is 6.30. The highest BCUT2D eigenvalue weighted by atomic mass is 35.5. The fraction of sp³-hybridized carbons (Fsp3) is 0.143. The average Bonchev–Trinajstić information content (AvgIpc) is 2.63. The van der Waals surface area contributed by atoms with Crippen molar-refractivity contribution in [3.63, 3.8) is 0 Å². The summed E-state index contributed by atoms with van der Waals surface area (Å²) in [5.41, 5.74) is 5.15. The summed E-state index contributed by atoms with van der Waals surface area (Å²) in [7, 11) is 0. The molecular weight excluding hydrogens is 318 g/mol. The van der Waals surface area contributed by atoms with Crippen molar-refractivity contribution >= 4 is 17.3 Å². The Morgan fingerprint density at radius 2 is 1.71 bits per heavy atom. The van der Waals surface area contributed by atoms with Gasteiger partial charge in [-0.25, -0.2) is 0 Å². The zero-order valence-corrected chi connectivity index (χ0v) is 14.2. The van der Waals surface area contributed by atoms with Crippen molar-refractivity contribution in [1.82, 2.24) is 0 Å². The highest BCUT2D eigenvalue weighted by Crippen LogP contribution is 2.42. The summed E-state index contributed by atoms with van der Waals surface area (Å²) in [6, 6.07) is 24.7. The van der Waals surface area contributed by atoms with Gasteiger partial charge < -0.3 is 10.1 Å². The normalized spacial score (nSPS) is 19.4. The maximum absolute atomic E-state index is 6.16. The number of nitrogens with one attached hydrogen (secondary N) is 1. The lowest BCUT2D eigenvalue weighted by molar-refractivity contribution is 0.000235. The van der Waals surface area contributed by atoms with Gasteiger partial charge in [0, 0.05) is 16.3 Å². The van der Waals surface area contributed by atoms with E-state index < -0.39 is 5.60 Å². The van der Waals surface area contributed by atoms with Gasteiger partial charge in [0.2, 0.25) is 0 Å².